The van der Waals surface area contributed by atoms with Gasteiger partial charge in [-0.25, -0.2) is 4.52 Å². The molecule has 4 aromatic rings. The van der Waals surface area contributed by atoms with Crippen LogP contribution in [0.3, 0.4) is 0 Å². The molecule has 7 rings (SSSR count). The molecule has 1 aromatic carbocycles. The first-order valence-corrected chi connectivity index (χ1v) is 14.6. The van der Waals surface area contributed by atoms with Gasteiger partial charge in [0.2, 0.25) is 11.9 Å². The van der Waals surface area contributed by atoms with Gasteiger partial charge in [0.25, 0.3) is 0 Å². The van der Waals surface area contributed by atoms with Crippen molar-refractivity contribution in [2.45, 2.75) is 31.0 Å². The van der Waals surface area contributed by atoms with E-state index in [4.69, 9.17) is 10.2 Å². The Hall–Kier alpha value is -4.80. The number of nitriles is 1. The summed E-state index contributed by atoms with van der Waals surface area (Å²) in [5.41, 5.74) is 2.71. The maximum Gasteiger partial charge on any atom is 0.247 e. The predicted octanol–water partition coefficient (Wildman–Crippen LogP) is 1.51. The molecule has 3 fully saturated rings. The second kappa shape index (κ2) is 10.8. The number of carbonyl (C=O) groups is 2. The van der Waals surface area contributed by atoms with Gasteiger partial charge in [0.1, 0.15) is 12.1 Å². The van der Waals surface area contributed by atoms with E-state index >= 15 is 0 Å². The van der Waals surface area contributed by atoms with E-state index in [0.717, 1.165) is 51.3 Å². The van der Waals surface area contributed by atoms with Crippen LogP contribution >= 0.6 is 0 Å². The van der Waals surface area contributed by atoms with Crippen molar-refractivity contribution in [3.05, 3.63) is 66.1 Å². The number of Topliss-reactive ketones (excluding diaryl/α,β-unsaturated/α-hetero) is 1. The first-order chi connectivity index (χ1) is 20.9. The first kappa shape index (κ1) is 27.1. The van der Waals surface area contributed by atoms with Crippen LogP contribution in [0.5, 0.6) is 0 Å². The highest BCUT2D eigenvalue weighted by Crippen LogP contribution is 2.36. The summed E-state index contributed by atoms with van der Waals surface area (Å²) in [5.74, 6) is 0.514. The Labute approximate surface area is 248 Å². The van der Waals surface area contributed by atoms with Crippen LogP contribution < -0.4 is 15.5 Å². The fraction of sp³-hybridized carbons (Fsp3) is 0.400. The van der Waals surface area contributed by atoms with Gasteiger partial charge in [-0.1, -0.05) is 12.1 Å². The summed E-state index contributed by atoms with van der Waals surface area (Å²) >= 11 is 0. The molecular formula is C30H33N11O2. The molecular weight excluding hydrogens is 546 g/mol. The Balaban J connectivity index is 1.07. The number of hydrogen-bond donors (Lipinski definition) is 2. The number of rotatable bonds is 7. The molecule has 13 heteroatoms. The number of carbonyl (C=O) groups excluding carboxylic acids is 2. The third-order valence-electron chi connectivity index (χ3n) is 8.74. The van der Waals surface area contributed by atoms with Crippen molar-refractivity contribution >= 4 is 34.7 Å². The van der Waals surface area contributed by atoms with Crippen molar-refractivity contribution in [2.24, 2.45) is 0 Å². The van der Waals surface area contributed by atoms with Crippen molar-refractivity contribution in [1.82, 2.24) is 39.5 Å². The van der Waals surface area contributed by atoms with E-state index < -0.39 is 5.54 Å². The highest BCUT2D eigenvalue weighted by Gasteiger charge is 2.50. The summed E-state index contributed by atoms with van der Waals surface area (Å²) in [6, 6.07) is 13.1. The van der Waals surface area contributed by atoms with Crippen LogP contribution in [-0.2, 0) is 11.3 Å². The van der Waals surface area contributed by atoms with Crippen LogP contribution in [0, 0.1) is 11.3 Å². The van der Waals surface area contributed by atoms with Crippen molar-refractivity contribution in [1.29, 1.82) is 5.26 Å². The Bertz CT molecular complexity index is 1710. The van der Waals surface area contributed by atoms with E-state index in [1.165, 1.54) is 0 Å². The summed E-state index contributed by atoms with van der Waals surface area (Å²) in [5, 5.41) is 25.0. The average Bonchev–Trinajstić information content (AvgIpc) is 3.73. The van der Waals surface area contributed by atoms with Gasteiger partial charge >= 0.3 is 0 Å². The number of amides is 1. The maximum atomic E-state index is 13.7. The van der Waals surface area contributed by atoms with E-state index in [1.807, 2.05) is 23.2 Å². The van der Waals surface area contributed by atoms with Crippen molar-refractivity contribution in [2.75, 3.05) is 56.5 Å². The lowest BCUT2D eigenvalue weighted by Gasteiger charge is -2.41. The Kier molecular flexibility index (Phi) is 6.79. The van der Waals surface area contributed by atoms with Crippen molar-refractivity contribution in [3.8, 4) is 6.07 Å². The van der Waals surface area contributed by atoms with Gasteiger partial charge in [0.05, 0.1) is 29.2 Å². The number of aromatic nitrogens is 5. The molecule has 43 heavy (non-hydrogen) atoms. The number of ketones is 1. The molecule has 6 heterocycles. The second-order valence-electron chi connectivity index (χ2n) is 11.7. The number of hydrogen-bond acceptors (Lipinski definition) is 10. The maximum absolute atomic E-state index is 13.7. The van der Waals surface area contributed by atoms with Crippen molar-refractivity contribution in [3.63, 3.8) is 0 Å². The Morgan fingerprint density at radius 2 is 1.98 bits per heavy atom. The predicted molar refractivity (Wildman–Crippen MR) is 159 cm³/mol. The number of likely N-dealkylation sites (N-methyl/N-ethyl adjacent to an activating group) is 1. The monoisotopic (exact) mass is 579 g/mol. The van der Waals surface area contributed by atoms with Crippen LogP contribution in [-0.4, -0.2) is 104 Å². The molecule has 3 aromatic heterocycles. The molecule has 2 unspecified atom stereocenters. The zero-order valence-electron chi connectivity index (χ0n) is 24.0. The highest BCUT2D eigenvalue weighted by atomic mass is 16.2. The van der Waals surface area contributed by atoms with E-state index in [0.29, 0.717) is 35.0 Å². The smallest absolute Gasteiger partial charge is 0.247 e. The quantitative estimate of drug-likeness (QED) is 0.310. The van der Waals surface area contributed by atoms with Crippen LogP contribution in [0.2, 0.25) is 0 Å². The number of nitrogens with one attached hydrogen (secondary N) is 2. The average molecular weight is 580 g/mol. The van der Waals surface area contributed by atoms with Gasteiger partial charge in [-0.3, -0.25) is 19.6 Å². The van der Waals surface area contributed by atoms with Gasteiger partial charge in [0.15, 0.2) is 11.4 Å². The summed E-state index contributed by atoms with van der Waals surface area (Å²) < 4.78 is 3.36. The molecule has 3 aliphatic heterocycles. The molecule has 2 bridgehead atoms. The number of fused-ring (bicyclic) bond motifs is 3. The molecule has 0 saturated carbocycles. The largest absolute Gasteiger partial charge is 0.365 e. The third-order valence-corrected chi connectivity index (χ3v) is 8.74. The minimum absolute atomic E-state index is 0.0445. The van der Waals surface area contributed by atoms with Crippen LogP contribution in [0.1, 0.15) is 28.8 Å². The Morgan fingerprint density at radius 3 is 2.77 bits per heavy atom. The molecule has 0 radical (unpaired) electrons. The molecule has 0 spiro atoms. The first-order valence-electron chi connectivity index (χ1n) is 14.6. The van der Waals surface area contributed by atoms with Gasteiger partial charge in [-0.15, -0.1) is 5.10 Å². The molecule has 1 amide bonds. The number of nitrogens with zero attached hydrogens (tertiary/aromatic N) is 9. The molecule has 3 saturated heterocycles. The topological polar surface area (TPSA) is 140 Å². The minimum Gasteiger partial charge on any atom is -0.365 e. The van der Waals surface area contributed by atoms with Gasteiger partial charge in [0, 0.05) is 63.3 Å². The number of anilines is 3. The molecule has 2 atom stereocenters. The molecule has 2 N–H and O–H groups in total. The lowest BCUT2D eigenvalue weighted by Crippen LogP contribution is -2.63. The summed E-state index contributed by atoms with van der Waals surface area (Å²) in [7, 11) is 2.06. The van der Waals surface area contributed by atoms with E-state index in [9.17, 15) is 9.59 Å². The van der Waals surface area contributed by atoms with E-state index in [1.54, 1.807) is 45.9 Å². The van der Waals surface area contributed by atoms with Crippen LogP contribution in [0.25, 0.3) is 5.65 Å². The third kappa shape index (κ3) is 5.19. The molecule has 13 nitrogen and oxygen atoms in total. The second-order valence-corrected chi connectivity index (χ2v) is 11.7. The molecule has 0 aliphatic carbocycles. The highest BCUT2D eigenvalue weighted by molar-refractivity contribution is 6.04. The summed E-state index contributed by atoms with van der Waals surface area (Å²) in [4.78, 5) is 37.6. The fourth-order valence-electron chi connectivity index (χ4n) is 6.41. The van der Waals surface area contributed by atoms with Crippen LogP contribution in [0.4, 0.5) is 17.3 Å². The standard InChI is InChI=1S/C30H33N11O2/c1-37-11-13-38(14-12-37)26(42)19-40-18-24(16-32-40)33-29-34-28-25(3-2-10-41(28)36-29)39-17-23-8-9-30(20-39,35-23)27(43)22-6-4-21(15-31)5-7-22/h2-7,10,16,18,23,35H,8-9,11-14,17,19-20H2,1H3,(H,33,36). The SMILES string of the molecule is CN1CCN(C(=O)Cn2cc(Nc3nc4c(N5CC6CCC(C(=O)c7ccc(C#N)cc7)(C5)N6)cccn4n3)cn2)CC1. The number of benzene rings is 1. The van der Waals surface area contributed by atoms with Crippen molar-refractivity contribution < 1.29 is 9.59 Å². The van der Waals surface area contributed by atoms with E-state index in [2.05, 4.69) is 43.7 Å². The van der Waals surface area contributed by atoms with Gasteiger partial charge in [-0.2, -0.15) is 15.3 Å². The van der Waals surface area contributed by atoms with E-state index in [-0.39, 0.29) is 24.3 Å². The minimum atomic E-state index is -0.707. The molecule has 220 valence electrons. The van der Waals surface area contributed by atoms with Gasteiger partial charge < -0.3 is 20.0 Å². The number of piperazine rings is 2. The Morgan fingerprint density at radius 1 is 1.16 bits per heavy atom. The lowest BCUT2D eigenvalue weighted by molar-refractivity contribution is -0.133. The van der Waals surface area contributed by atoms with Gasteiger partial charge in [-0.05, 0) is 44.2 Å². The summed E-state index contributed by atoms with van der Waals surface area (Å²) in [6.45, 7) is 4.66. The normalized spacial score (nSPS) is 22.1. The van der Waals surface area contributed by atoms with Crippen LogP contribution in [0.15, 0.2) is 55.0 Å². The summed E-state index contributed by atoms with van der Waals surface area (Å²) in [6.07, 6.45) is 6.95. The lowest BCUT2D eigenvalue weighted by atomic mass is 9.86. The molecule has 3 aliphatic rings. The number of pyridine rings is 1. The zero-order chi connectivity index (χ0) is 29.6. The zero-order valence-corrected chi connectivity index (χ0v) is 24.0. The fourth-order valence-corrected chi connectivity index (χ4v) is 6.41.